The van der Waals surface area contributed by atoms with E-state index in [2.05, 4.69) is 26.9 Å². The Hall–Kier alpha value is -2.28. The topological polar surface area (TPSA) is 81.9 Å². The molecule has 122 valence electrons. The average Bonchev–Trinajstić information content (AvgIpc) is 3.00. The number of ether oxygens (including phenoxy) is 1. The number of aromatic nitrogens is 4. The summed E-state index contributed by atoms with van der Waals surface area (Å²) in [7, 11) is 3.25. The molecule has 0 amide bonds. The van der Waals surface area contributed by atoms with Crippen LogP contribution in [0.2, 0.25) is 0 Å². The van der Waals surface area contributed by atoms with Crippen LogP contribution in [0.4, 0.5) is 0 Å². The van der Waals surface area contributed by atoms with Crippen LogP contribution in [0, 0.1) is 0 Å². The average molecular weight is 315 g/mol. The highest BCUT2D eigenvalue weighted by Crippen LogP contribution is 2.33. The number of nitrogens with one attached hydrogen (secondary N) is 1. The largest absolute Gasteiger partial charge is 0.465 e. The maximum atomic E-state index is 12.0. The van der Waals surface area contributed by atoms with Crippen molar-refractivity contribution in [1.29, 1.82) is 0 Å². The molecule has 2 atom stereocenters. The predicted molar refractivity (Wildman–Crippen MR) is 83.8 cm³/mol. The first-order valence-electron chi connectivity index (χ1n) is 7.80. The fraction of sp³-hybridized carbons (Fsp3) is 0.500. The van der Waals surface area contributed by atoms with Crippen molar-refractivity contribution >= 4 is 5.97 Å². The van der Waals surface area contributed by atoms with Crippen LogP contribution in [0.1, 0.15) is 59.2 Å². The summed E-state index contributed by atoms with van der Waals surface area (Å²) >= 11 is 0. The molecule has 0 bridgehead atoms. The van der Waals surface area contributed by atoms with Gasteiger partial charge < -0.3 is 10.1 Å². The number of aryl methyl sites for hydroxylation is 1. The highest BCUT2D eigenvalue weighted by Gasteiger charge is 2.26. The van der Waals surface area contributed by atoms with E-state index in [4.69, 9.17) is 4.74 Å². The first-order valence-corrected chi connectivity index (χ1v) is 7.80. The van der Waals surface area contributed by atoms with Crippen molar-refractivity contribution in [2.24, 2.45) is 7.05 Å². The van der Waals surface area contributed by atoms with Gasteiger partial charge in [-0.05, 0) is 53.8 Å². The molecule has 3 rings (SSSR count). The third kappa shape index (κ3) is 2.96. The molecule has 23 heavy (non-hydrogen) atoms. The Labute approximate surface area is 135 Å². The summed E-state index contributed by atoms with van der Waals surface area (Å²) in [6.07, 6.45) is 2.95. The van der Waals surface area contributed by atoms with E-state index in [1.807, 2.05) is 26.1 Å². The minimum atomic E-state index is -0.270. The zero-order chi connectivity index (χ0) is 16.4. The van der Waals surface area contributed by atoms with Crippen molar-refractivity contribution in [2.45, 2.75) is 38.3 Å². The fourth-order valence-corrected chi connectivity index (χ4v) is 3.30. The third-order valence-electron chi connectivity index (χ3n) is 4.40. The number of hydrogen-bond donors (Lipinski definition) is 1. The van der Waals surface area contributed by atoms with Crippen molar-refractivity contribution in [3.63, 3.8) is 0 Å². The quantitative estimate of drug-likeness (QED) is 0.865. The molecule has 7 nitrogen and oxygen atoms in total. The number of carbonyl (C=O) groups excluding carboxylic acids is 1. The van der Waals surface area contributed by atoms with Gasteiger partial charge in [-0.1, -0.05) is 12.1 Å². The summed E-state index contributed by atoms with van der Waals surface area (Å²) in [6.45, 7) is 2.05. The van der Waals surface area contributed by atoms with Crippen LogP contribution in [0.15, 0.2) is 18.2 Å². The lowest BCUT2D eigenvalue weighted by Crippen LogP contribution is -2.30. The Morgan fingerprint density at radius 2 is 2.30 bits per heavy atom. The van der Waals surface area contributed by atoms with Crippen LogP contribution in [-0.4, -0.2) is 33.3 Å². The highest BCUT2D eigenvalue weighted by molar-refractivity contribution is 5.91. The first kappa shape index (κ1) is 15.6. The number of benzene rings is 1. The molecule has 0 fully saturated rings. The van der Waals surface area contributed by atoms with E-state index >= 15 is 0 Å². The molecule has 1 aromatic carbocycles. The van der Waals surface area contributed by atoms with Crippen LogP contribution in [-0.2, 0) is 18.2 Å². The fourth-order valence-electron chi connectivity index (χ4n) is 3.30. The second-order valence-electron chi connectivity index (χ2n) is 5.86. The van der Waals surface area contributed by atoms with Gasteiger partial charge >= 0.3 is 5.97 Å². The lowest BCUT2D eigenvalue weighted by atomic mass is 9.84. The van der Waals surface area contributed by atoms with Crippen molar-refractivity contribution in [1.82, 2.24) is 25.5 Å². The molecule has 1 aliphatic rings. The molecular weight excluding hydrogens is 294 g/mol. The van der Waals surface area contributed by atoms with Crippen LogP contribution in [0.25, 0.3) is 0 Å². The van der Waals surface area contributed by atoms with Crippen LogP contribution in [0.3, 0.4) is 0 Å². The maximum absolute atomic E-state index is 12.0. The Kier molecular flexibility index (Phi) is 4.38. The highest BCUT2D eigenvalue weighted by atomic mass is 16.5. The smallest absolute Gasteiger partial charge is 0.338 e. The SMILES string of the molecule is COC(=O)c1cccc2c1CCCC2NC(C)c1nnnn1C. The molecule has 1 N–H and O–H groups in total. The zero-order valence-electron chi connectivity index (χ0n) is 13.6. The Balaban J connectivity index is 1.87. The van der Waals surface area contributed by atoms with Gasteiger partial charge in [0.25, 0.3) is 0 Å². The zero-order valence-corrected chi connectivity index (χ0v) is 13.6. The molecule has 2 unspecified atom stereocenters. The summed E-state index contributed by atoms with van der Waals surface area (Å²) in [5.41, 5.74) is 2.93. The summed E-state index contributed by atoms with van der Waals surface area (Å²) in [5, 5.41) is 15.2. The molecular formula is C16H21N5O2. The van der Waals surface area contributed by atoms with Crippen LogP contribution < -0.4 is 5.32 Å². The van der Waals surface area contributed by atoms with E-state index in [1.54, 1.807) is 4.68 Å². The van der Waals surface area contributed by atoms with Crippen molar-refractivity contribution < 1.29 is 9.53 Å². The number of nitrogens with zero attached hydrogens (tertiary/aromatic N) is 4. The third-order valence-corrected chi connectivity index (χ3v) is 4.40. The van der Waals surface area contributed by atoms with E-state index < -0.39 is 0 Å². The van der Waals surface area contributed by atoms with Gasteiger partial charge in [-0.2, -0.15) is 0 Å². The summed E-state index contributed by atoms with van der Waals surface area (Å²) < 4.78 is 6.58. The molecule has 2 aromatic rings. The number of carbonyl (C=O) groups is 1. The number of hydrogen-bond acceptors (Lipinski definition) is 6. The van der Waals surface area contributed by atoms with Gasteiger partial charge in [0.15, 0.2) is 5.82 Å². The number of esters is 1. The van der Waals surface area contributed by atoms with Gasteiger partial charge in [0.05, 0.1) is 18.7 Å². The van der Waals surface area contributed by atoms with Crippen molar-refractivity contribution in [3.05, 3.63) is 40.7 Å². The van der Waals surface area contributed by atoms with Gasteiger partial charge in [0.1, 0.15) is 0 Å². The summed E-state index contributed by atoms with van der Waals surface area (Å²) in [5.74, 6) is 0.522. The number of fused-ring (bicyclic) bond motifs is 1. The van der Waals surface area contributed by atoms with Gasteiger partial charge in [-0.15, -0.1) is 5.10 Å². The number of tetrazole rings is 1. The molecule has 1 aliphatic carbocycles. The first-order chi connectivity index (χ1) is 11.1. The van der Waals surface area contributed by atoms with Gasteiger partial charge in [0.2, 0.25) is 0 Å². The standard InChI is InChI=1S/C16H21N5O2/c1-10(15-18-19-20-21(15)2)17-14-9-5-6-11-12(14)7-4-8-13(11)16(22)23-3/h4,7-8,10,14,17H,5-6,9H2,1-3H3. The monoisotopic (exact) mass is 315 g/mol. The molecule has 1 heterocycles. The molecule has 0 saturated heterocycles. The molecule has 0 saturated carbocycles. The van der Waals surface area contributed by atoms with Crippen molar-refractivity contribution in [2.75, 3.05) is 7.11 Å². The number of methoxy groups -OCH3 is 1. The van der Waals surface area contributed by atoms with Gasteiger partial charge in [-0.25, -0.2) is 9.48 Å². The van der Waals surface area contributed by atoms with E-state index in [-0.39, 0.29) is 18.1 Å². The molecule has 0 radical (unpaired) electrons. The van der Waals surface area contributed by atoms with Crippen molar-refractivity contribution in [3.8, 4) is 0 Å². The van der Waals surface area contributed by atoms with Crippen LogP contribution >= 0.6 is 0 Å². The minimum absolute atomic E-state index is 0.0210. The Bertz CT molecular complexity index is 712. The van der Waals surface area contributed by atoms with Crippen LogP contribution in [0.5, 0.6) is 0 Å². The lowest BCUT2D eigenvalue weighted by Gasteiger charge is -2.29. The Morgan fingerprint density at radius 3 is 3.00 bits per heavy atom. The normalized spacial score (nSPS) is 18.3. The maximum Gasteiger partial charge on any atom is 0.338 e. The molecule has 0 aliphatic heterocycles. The van der Waals surface area contributed by atoms with E-state index in [0.717, 1.165) is 30.7 Å². The predicted octanol–water partition coefficient (Wildman–Crippen LogP) is 1.72. The second-order valence-corrected chi connectivity index (χ2v) is 5.86. The molecule has 0 spiro atoms. The molecule has 7 heteroatoms. The summed E-state index contributed by atoms with van der Waals surface area (Å²) in [6, 6.07) is 6.03. The van der Waals surface area contributed by atoms with Gasteiger partial charge in [0, 0.05) is 13.1 Å². The van der Waals surface area contributed by atoms with Gasteiger partial charge in [-0.3, -0.25) is 0 Å². The second kappa shape index (κ2) is 6.45. The minimum Gasteiger partial charge on any atom is -0.465 e. The number of rotatable bonds is 4. The Morgan fingerprint density at radius 1 is 1.48 bits per heavy atom. The van der Waals surface area contributed by atoms with E-state index in [9.17, 15) is 4.79 Å². The lowest BCUT2D eigenvalue weighted by molar-refractivity contribution is 0.0599. The van der Waals surface area contributed by atoms with E-state index in [0.29, 0.717) is 5.56 Å². The summed E-state index contributed by atoms with van der Waals surface area (Å²) in [4.78, 5) is 12.0. The van der Waals surface area contributed by atoms with E-state index in [1.165, 1.54) is 12.7 Å². The molecule has 1 aromatic heterocycles.